The van der Waals surface area contributed by atoms with Crippen LogP contribution in [0.25, 0.3) is 0 Å². The Balaban J connectivity index is 1.61. The summed E-state index contributed by atoms with van der Waals surface area (Å²) in [5, 5.41) is 3.87. The number of carbonyl (C=O) groups is 2. The molecule has 5 aromatic carbocycles. The van der Waals surface area contributed by atoms with Crippen molar-refractivity contribution in [1.29, 1.82) is 0 Å². The van der Waals surface area contributed by atoms with Gasteiger partial charge in [0.25, 0.3) is 0 Å². The molecule has 0 spiro atoms. The summed E-state index contributed by atoms with van der Waals surface area (Å²) in [5.41, 5.74) is 1.66. The number of carbonyl (C=O) groups excluding carboxylic acids is 2. The highest BCUT2D eigenvalue weighted by molar-refractivity contribution is 7.96. The van der Waals surface area contributed by atoms with Crippen molar-refractivity contribution in [2.75, 3.05) is 6.16 Å². The van der Waals surface area contributed by atoms with Gasteiger partial charge in [-0.2, -0.15) is 0 Å². The maximum absolute atomic E-state index is 14.3. The van der Waals surface area contributed by atoms with E-state index >= 15 is 0 Å². The molecular formula is C34H27ClO3P+. The maximum Gasteiger partial charge on any atom is 0.343 e. The molecule has 39 heavy (non-hydrogen) atoms. The van der Waals surface area contributed by atoms with Crippen LogP contribution in [0.2, 0.25) is 5.02 Å². The van der Waals surface area contributed by atoms with Gasteiger partial charge < -0.3 is 4.74 Å². The molecule has 0 N–H and O–H groups in total. The SMILES string of the molecule is Cc1ccc(OC(=O)c2ccc(Cl)cc2)c(C(=O)C[P+](c2ccccc2)(c2ccccc2)c2ccccc2)c1. The average Bonchev–Trinajstić information content (AvgIpc) is 2.98. The molecule has 0 atom stereocenters. The molecule has 0 aliphatic rings. The maximum atomic E-state index is 14.3. The number of hydrogen-bond acceptors (Lipinski definition) is 3. The second-order valence-corrected chi connectivity index (χ2v) is 13.2. The van der Waals surface area contributed by atoms with Gasteiger partial charge in [-0.1, -0.05) is 77.8 Å². The number of halogens is 1. The second kappa shape index (κ2) is 11.8. The molecule has 0 unspecified atom stereocenters. The summed E-state index contributed by atoms with van der Waals surface area (Å²) in [7, 11) is -2.41. The molecule has 192 valence electrons. The van der Waals surface area contributed by atoms with Gasteiger partial charge in [-0.3, -0.25) is 4.79 Å². The van der Waals surface area contributed by atoms with Crippen LogP contribution in [0.1, 0.15) is 26.3 Å². The Bertz CT molecular complexity index is 1490. The standard InChI is InChI=1S/C34H27ClO3P/c1-25-17-22-33(38-34(37)26-18-20-27(35)21-19-26)31(23-25)32(36)24-39(28-11-5-2-6-12-28,29-13-7-3-8-14-29)30-15-9-4-10-16-30/h2-23H,24H2,1H3/q+1. The zero-order chi connectivity index (χ0) is 27.2. The van der Waals surface area contributed by atoms with Gasteiger partial charge in [0.05, 0.1) is 11.1 Å². The minimum Gasteiger partial charge on any atom is -0.422 e. The summed E-state index contributed by atoms with van der Waals surface area (Å²) in [6.45, 7) is 1.93. The molecule has 5 heteroatoms. The summed E-state index contributed by atoms with van der Waals surface area (Å²) < 4.78 is 5.79. The van der Waals surface area contributed by atoms with Crippen molar-refractivity contribution in [3.63, 3.8) is 0 Å². The normalized spacial score (nSPS) is 11.1. The number of rotatable bonds is 8. The molecule has 0 bridgehead atoms. The quantitative estimate of drug-likeness (QED) is 0.0902. The summed E-state index contributed by atoms with van der Waals surface area (Å²) in [4.78, 5) is 27.3. The molecule has 5 rings (SSSR count). The third-order valence-electron chi connectivity index (χ3n) is 6.69. The lowest BCUT2D eigenvalue weighted by Crippen LogP contribution is -2.35. The highest BCUT2D eigenvalue weighted by Crippen LogP contribution is 2.55. The second-order valence-electron chi connectivity index (χ2n) is 9.29. The minimum absolute atomic E-state index is 0.0810. The van der Waals surface area contributed by atoms with Gasteiger partial charge in [0.1, 0.15) is 35.1 Å². The number of ether oxygens (including phenoxy) is 1. The molecule has 0 amide bonds. The van der Waals surface area contributed by atoms with Crippen molar-refractivity contribution in [2.24, 2.45) is 0 Å². The topological polar surface area (TPSA) is 43.4 Å². The number of ketones is 1. The van der Waals surface area contributed by atoms with Crippen LogP contribution in [0, 0.1) is 6.92 Å². The van der Waals surface area contributed by atoms with E-state index in [-0.39, 0.29) is 17.7 Å². The largest absolute Gasteiger partial charge is 0.422 e. The Morgan fingerprint density at radius 2 is 1.15 bits per heavy atom. The minimum atomic E-state index is -2.41. The number of esters is 1. The van der Waals surface area contributed by atoms with Crippen molar-refractivity contribution >= 4 is 46.5 Å². The molecule has 0 aliphatic carbocycles. The number of Topliss-reactive ketones (excluding diaryl/α,β-unsaturated/α-hetero) is 1. The molecule has 0 saturated carbocycles. The molecule has 3 nitrogen and oxygen atoms in total. The lowest BCUT2D eigenvalue weighted by molar-refractivity contribution is 0.0733. The van der Waals surface area contributed by atoms with E-state index in [4.69, 9.17) is 16.3 Å². The molecule has 0 aliphatic heterocycles. The molecule has 5 aromatic rings. The predicted molar refractivity (Wildman–Crippen MR) is 162 cm³/mol. The fourth-order valence-corrected chi connectivity index (χ4v) is 8.98. The number of benzene rings is 5. The van der Waals surface area contributed by atoms with Gasteiger partial charge in [0.15, 0.2) is 0 Å². The van der Waals surface area contributed by atoms with Crippen LogP contribution in [-0.2, 0) is 0 Å². The first-order valence-electron chi connectivity index (χ1n) is 12.6. The van der Waals surface area contributed by atoms with Crippen molar-refractivity contribution < 1.29 is 14.3 Å². The van der Waals surface area contributed by atoms with Crippen LogP contribution in [-0.4, -0.2) is 17.9 Å². The number of aryl methyl sites for hydroxylation is 1. The monoisotopic (exact) mass is 549 g/mol. The van der Waals surface area contributed by atoms with Crippen LogP contribution in [0.15, 0.2) is 133 Å². The van der Waals surface area contributed by atoms with E-state index in [1.165, 1.54) is 0 Å². The molecule has 0 saturated heterocycles. The van der Waals surface area contributed by atoms with E-state index in [2.05, 4.69) is 36.4 Å². The summed E-state index contributed by atoms with van der Waals surface area (Å²) in [6, 6.07) is 42.6. The van der Waals surface area contributed by atoms with Crippen LogP contribution >= 0.6 is 18.9 Å². The van der Waals surface area contributed by atoms with Gasteiger partial charge in [-0.05, 0) is 79.7 Å². The van der Waals surface area contributed by atoms with Crippen molar-refractivity contribution in [1.82, 2.24) is 0 Å². The van der Waals surface area contributed by atoms with Gasteiger partial charge in [0.2, 0.25) is 5.78 Å². The van der Waals surface area contributed by atoms with Crippen LogP contribution in [0.3, 0.4) is 0 Å². The van der Waals surface area contributed by atoms with E-state index in [0.717, 1.165) is 21.5 Å². The van der Waals surface area contributed by atoms with Gasteiger partial charge >= 0.3 is 5.97 Å². The van der Waals surface area contributed by atoms with Crippen molar-refractivity contribution in [3.8, 4) is 5.75 Å². The highest BCUT2D eigenvalue weighted by Gasteiger charge is 2.47. The summed E-state index contributed by atoms with van der Waals surface area (Å²) in [6.07, 6.45) is 0.250. The van der Waals surface area contributed by atoms with Crippen molar-refractivity contribution in [2.45, 2.75) is 6.92 Å². The third-order valence-corrected chi connectivity index (χ3v) is 11.2. The van der Waals surface area contributed by atoms with Gasteiger partial charge in [0, 0.05) is 5.02 Å². The van der Waals surface area contributed by atoms with E-state index in [0.29, 0.717) is 16.1 Å². The third kappa shape index (κ3) is 5.71. The zero-order valence-corrected chi connectivity index (χ0v) is 23.1. The van der Waals surface area contributed by atoms with Gasteiger partial charge in [-0.25, -0.2) is 4.79 Å². The lowest BCUT2D eigenvalue weighted by atomic mass is 10.1. The fourth-order valence-electron chi connectivity index (χ4n) is 4.76. The Labute approximate surface area is 234 Å². The van der Waals surface area contributed by atoms with E-state index in [1.54, 1.807) is 30.3 Å². The lowest BCUT2D eigenvalue weighted by Gasteiger charge is -2.27. The van der Waals surface area contributed by atoms with Crippen LogP contribution in [0.4, 0.5) is 0 Å². The first-order chi connectivity index (χ1) is 19.0. The molecule has 0 fully saturated rings. The smallest absolute Gasteiger partial charge is 0.343 e. The molecule has 0 heterocycles. The van der Waals surface area contributed by atoms with E-state index in [9.17, 15) is 9.59 Å². The molecule has 0 radical (unpaired) electrons. The van der Waals surface area contributed by atoms with Crippen LogP contribution in [0.5, 0.6) is 5.75 Å². The zero-order valence-electron chi connectivity index (χ0n) is 21.5. The molecular weight excluding hydrogens is 523 g/mol. The van der Waals surface area contributed by atoms with Crippen LogP contribution < -0.4 is 20.7 Å². The Hall–Kier alpha value is -4.04. The Morgan fingerprint density at radius 3 is 1.64 bits per heavy atom. The fraction of sp³-hybridized carbons (Fsp3) is 0.0588. The predicted octanol–water partition coefficient (Wildman–Crippen LogP) is 7.04. The Morgan fingerprint density at radius 1 is 0.667 bits per heavy atom. The Kier molecular flexibility index (Phi) is 8.02. The highest BCUT2D eigenvalue weighted by atomic mass is 35.5. The summed E-state index contributed by atoms with van der Waals surface area (Å²) in [5.74, 6) is -0.375. The average molecular weight is 550 g/mol. The van der Waals surface area contributed by atoms with Gasteiger partial charge in [-0.15, -0.1) is 0 Å². The van der Waals surface area contributed by atoms with E-state index < -0.39 is 13.2 Å². The number of hydrogen-bond donors (Lipinski definition) is 0. The molecule has 0 aromatic heterocycles. The van der Waals surface area contributed by atoms with Crippen molar-refractivity contribution in [3.05, 3.63) is 155 Å². The first kappa shape index (κ1) is 26.6. The van der Waals surface area contributed by atoms with E-state index in [1.807, 2.05) is 73.7 Å². The first-order valence-corrected chi connectivity index (χ1v) is 15.0. The summed E-state index contributed by atoms with van der Waals surface area (Å²) >= 11 is 5.98.